The van der Waals surface area contributed by atoms with Gasteiger partial charge in [0.1, 0.15) is 0 Å². The summed E-state index contributed by atoms with van der Waals surface area (Å²) in [5.41, 5.74) is 2.26. The van der Waals surface area contributed by atoms with E-state index in [2.05, 4.69) is 16.0 Å². The minimum atomic E-state index is -0.143. The van der Waals surface area contributed by atoms with Crippen molar-refractivity contribution in [3.63, 3.8) is 0 Å². The van der Waals surface area contributed by atoms with E-state index in [1.807, 2.05) is 13.0 Å². The van der Waals surface area contributed by atoms with Crippen molar-refractivity contribution >= 4 is 29.9 Å². The molecule has 2 saturated heterocycles. The van der Waals surface area contributed by atoms with Crippen LogP contribution < -0.4 is 16.0 Å². The Bertz CT molecular complexity index is 608. The minimum Gasteiger partial charge on any atom is -0.355 e. The van der Waals surface area contributed by atoms with Gasteiger partial charge >= 0.3 is 0 Å². The fourth-order valence-electron chi connectivity index (χ4n) is 3.85. The number of benzene rings is 1. The first kappa shape index (κ1) is 18.7. The van der Waals surface area contributed by atoms with E-state index in [1.165, 1.54) is 12.8 Å². The topological polar surface area (TPSA) is 70.2 Å². The summed E-state index contributed by atoms with van der Waals surface area (Å²) >= 11 is 0. The fraction of sp³-hybridized carbons (Fsp3) is 0.556. The van der Waals surface area contributed by atoms with E-state index in [4.69, 9.17) is 0 Å². The highest BCUT2D eigenvalue weighted by atomic mass is 35.5. The third-order valence-corrected chi connectivity index (χ3v) is 5.05. The maximum atomic E-state index is 12.4. The molecule has 2 aliphatic rings. The molecule has 1 aromatic rings. The van der Waals surface area contributed by atoms with Crippen LogP contribution in [0.2, 0.25) is 0 Å². The lowest BCUT2D eigenvalue weighted by molar-refractivity contribution is -0.117. The molecule has 2 unspecified atom stereocenters. The lowest BCUT2D eigenvalue weighted by Gasteiger charge is -2.28. The van der Waals surface area contributed by atoms with Crippen LogP contribution in [0, 0.1) is 12.8 Å². The van der Waals surface area contributed by atoms with Gasteiger partial charge in [-0.2, -0.15) is 0 Å². The highest BCUT2D eigenvalue weighted by Gasteiger charge is 2.34. The number of rotatable bonds is 4. The van der Waals surface area contributed by atoms with E-state index in [0.29, 0.717) is 30.0 Å². The number of anilines is 1. The smallest absolute Gasteiger partial charge is 0.251 e. The van der Waals surface area contributed by atoms with E-state index in [1.54, 1.807) is 19.2 Å². The third-order valence-electron chi connectivity index (χ3n) is 5.05. The molecule has 0 aromatic heterocycles. The van der Waals surface area contributed by atoms with E-state index < -0.39 is 0 Å². The predicted octanol–water partition coefficient (Wildman–Crippen LogP) is 2.64. The van der Waals surface area contributed by atoms with Gasteiger partial charge in [0.05, 0.1) is 0 Å². The van der Waals surface area contributed by atoms with Crippen molar-refractivity contribution < 1.29 is 9.59 Å². The number of piperidine rings is 1. The molecule has 5 nitrogen and oxygen atoms in total. The highest BCUT2D eigenvalue weighted by molar-refractivity contribution is 5.97. The van der Waals surface area contributed by atoms with Crippen molar-refractivity contribution in [2.75, 3.05) is 12.4 Å². The van der Waals surface area contributed by atoms with Crippen LogP contribution in [-0.2, 0) is 4.79 Å². The molecule has 0 radical (unpaired) electrons. The largest absolute Gasteiger partial charge is 0.355 e. The number of nitrogens with one attached hydrogen (secondary N) is 3. The molecule has 6 heteroatoms. The van der Waals surface area contributed by atoms with Crippen LogP contribution in [0.1, 0.15) is 48.0 Å². The summed E-state index contributed by atoms with van der Waals surface area (Å²) in [6, 6.07) is 6.59. The highest BCUT2D eigenvalue weighted by Crippen LogP contribution is 2.33. The van der Waals surface area contributed by atoms with Crippen molar-refractivity contribution in [3.05, 3.63) is 29.3 Å². The number of fused-ring (bicyclic) bond motifs is 2. The van der Waals surface area contributed by atoms with E-state index >= 15 is 0 Å². The average molecular weight is 352 g/mol. The molecule has 2 amide bonds. The van der Waals surface area contributed by atoms with Gasteiger partial charge in [0.15, 0.2) is 0 Å². The van der Waals surface area contributed by atoms with Crippen molar-refractivity contribution in [2.24, 2.45) is 5.92 Å². The van der Waals surface area contributed by atoms with Crippen molar-refractivity contribution in [1.29, 1.82) is 0 Å². The minimum absolute atomic E-state index is 0. The van der Waals surface area contributed by atoms with Gasteiger partial charge in [0, 0.05) is 36.8 Å². The summed E-state index contributed by atoms with van der Waals surface area (Å²) in [6.45, 7) is 1.94. The third kappa shape index (κ3) is 4.28. The van der Waals surface area contributed by atoms with Crippen LogP contribution in [0.3, 0.4) is 0 Å². The van der Waals surface area contributed by atoms with E-state index in [0.717, 1.165) is 24.1 Å². The van der Waals surface area contributed by atoms with Crippen LogP contribution in [0.4, 0.5) is 5.69 Å². The van der Waals surface area contributed by atoms with Gasteiger partial charge in [-0.05, 0) is 56.2 Å². The Labute approximate surface area is 149 Å². The summed E-state index contributed by atoms with van der Waals surface area (Å²) in [4.78, 5) is 24.1. The van der Waals surface area contributed by atoms with Gasteiger partial charge < -0.3 is 16.0 Å². The zero-order chi connectivity index (χ0) is 16.4. The molecule has 3 N–H and O–H groups in total. The summed E-state index contributed by atoms with van der Waals surface area (Å²) < 4.78 is 0. The standard InChI is InChI=1S/C18H25N3O2.ClH/c1-11-3-4-13(18(23)19-2)10-16(11)21-17(22)9-12-7-14-5-6-15(8-12)20-14;/h3-4,10,12,14-15,20H,5-9H2,1-2H3,(H,19,23)(H,21,22);1H. The van der Waals surface area contributed by atoms with Gasteiger partial charge in [-0.25, -0.2) is 0 Å². The quantitative estimate of drug-likeness (QED) is 0.781. The number of halogens is 1. The zero-order valence-corrected chi connectivity index (χ0v) is 15.0. The van der Waals surface area contributed by atoms with Crippen molar-refractivity contribution in [1.82, 2.24) is 10.6 Å². The molecular formula is C18H26ClN3O2. The normalized spacial score (nSPS) is 24.8. The molecule has 1 aromatic carbocycles. The number of carbonyl (C=O) groups excluding carboxylic acids is 2. The van der Waals surface area contributed by atoms with E-state index in [-0.39, 0.29) is 24.2 Å². The summed E-state index contributed by atoms with van der Waals surface area (Å²) in [5.74, 6) is 0.375. The number of hydrogen-bond donors (Lipinski definition) is 3. The molecule has 2 fully saturated rings. The first-order valence-electron chi connectivity index (χ1n) is 8.43. The second-order valence-corrected chi connectivity index (χ2v) is 6.84. The maximum absolute atomic E-state index is 12.4. The first-order chi connectivity index (χ1) is 11.0. The zero-order valence-electron chi connectivity index (χ0n) is 14.2. The Kier molecular flexibility index (Phi) is 6.24. The molecule has 132 valence electrons. The Balaban J connectivity index is 0.00000208. The van der Waals surface area contributed by atoms with Gasteiger partial charge in [-0.1, -0.05) is 6.07 Å². The lowest BCUT2D eigenvalue weighted by atomic mass is 9.89. The van der Waals surface area contributed by atoms with Crippen LogP contribution in [-0.4, -0.2) is 30.9 Å². The second-order valence-electron chi connectivity index (χ2n) is 6.84. The molecule has 2 bridgehead atoms. The molecule has 0 spiro atoms. The van der Waals surface area contributed by atoms with Gasteiger partial charge in [0.2, 0.25) is 5.91 Å². The Morgan fingerprint density at radius 2 is 1.88 bits per heavy atom. The summed E-state index contributed by atoms with van der Waals surface area (Å²) in [7, 11) is 1.60. The molecule has 2 aliphatic heterocycles. The molecule has 0 saturated carbocycles. The second kappa shape index (κ2) is 7.99. The van der Waals surface area contributed by atoms with E-state index in [9.17, 15) is 9.59 Å². The number of aryl methyl sites for hydroxylation is 1. The Morgan fingerprint density at radius 1 is 1.21 bits per heavy atom. The molecule has 3 rings (SSSR count). The number of hydrogen-bond acceptors (Lipinski definition) is 3. The first-order valence-corrected chi connectivity index (χ1v) is 8.43. The van der Waals surface area contributed by atoms with Crippen LogP contribution in [0.15, 0.2) is 18.2 Å². The number of carbonyl (C=O) groups is 2. The van der Waals surface area contributed by atoms with Gasteiger partial charge in [0.25, 0.3) is 5.91 Å². The fourth-order valence-corrected chi connectivity index (χ4v) is 3.85. The average Bonchev–Trinajstić information content (AvgIpc) is 2.87. The van der Waals surface area contributed by atoms with Crippen molar-refractivity contribution in [2.45, 2.75) is 51.1 Å². The Hall–Kier alpha value is -1.59. The Morgan fingerprint density at radius 3 is 2.50 bits per heavy atom. The number of amides is 2. The van der Waals surface area contributed by atoms with Gasteiger partial charge in [-0.3, -0.25) is 9.59 Å². The van der Waals surface area contributed by atoms with Crippen LogP contribution in [0.25, 0.3) is 0 Å². The molecular weight excluding hydrogens is 326 g/mol. The summed E-state index contributed by atoms with van der Waals surface area (Å²) in [5, 5.41) is 9.20. The predicted molar refractivity (Wildman–Crippen MR) is 97.7 cm³/mol. The van der Waals surface area contributed by atoms with Crippen LogP contribution in [0.5, 0.6) is 0 Å². The summed E-state index contributed by atoms with van der Waals surface area (Å²) in [6.07, 6.45) is 5.26. The SMILES string of the molecule is CNC(=O)c1ccc(C)c(NC(=O)CC2CC3CCC(C2)N3)c1.Cl. The molecule has 2 heterocycles. The van der Waals surface area contributed by atoms with Crippen molar-refractivity contribution in [3.8, 4) is 0 Å². The monoisotopic (exact) mass is 351 g/mol. The molecule has 2 atom stereocenters. The van der Waals surface area contributed by atoms with Gasteiger partial charge in [-0.15, -0.1) is 12.4 Å². The van der Waals surface area contributed by atoms with Crippen LogP contribution >= 0.6 is 12.4 Å². The molecule has 0 aliphatic carbocycles. The lowest BCUT2D eigenvalue weighted by Crippen LogP contribution is -2.39. The molecule has 24 heavy (non-hydrogen) atoms. The maximum Gasteiger partial charge on any atom is 0.251 e.